The van der Waals surface area contributed by atoms with Crippen LogP contribution < -0.4 is 11.1 Å². The Kier molecular flexibility index (Phi) is 9.13. The Balaban J connectivity index is 0.00000242. The molecule has 1 aliphatic heterocycles. The molecule has 1 amide bonds. The number of nitrogens with zero attached hydrogens (tertiary/aromatic N) is 3. The first-order valence-electron chi connectivity index (χ1n) is 7.66. The molecule has 1 fully saturated rings. The minimum atomic E-state index is 0. The van der Waals surface area contributed by atoms with E-state index in [0.717, 1.165) is 43.0 Å². The van der Waals surface area contributed by atoms with E-state index in [-0.39, 0.29) is 36.8 Å². The molecule has 1 aromatic rings. The predicted molar refractivity (Wildman–Crippen MR) is 98.6 cm³/mol. The van der Waals surface area contributed by atoms with Crippen LogP contribution in [0.15, 0.2) is 0 Å². The summed E-state index contributed by atoms with van der Waals surface area (Å²) in [5.74, 6) is 0.521. The molecule has 1 saturated heterocycles. The summed E-state index contributed by atoms with van der Waals surface area (Å²) in [6.45, 7) is 8.24. The van der Waals surface area contributed by atoms with Gasteiger partial charge in [0.05, 0.1) is 23.6 Å². The zero-order valence-electron chi connectivity index (χ0n) is 14.3. The fourth-order valence-corrected chi connectivity index (χ4v) is 3.00. The lowest BCUT2D eigenvalue weighted by Crippen LogP contribution is -2.45. The Labute approximate surface area is 151 Å². The average molecular weight is 366 g/mol. The fraction of sp³-hybridized carbons (Fsp3) is 0.733. The van der Waals surface area contributed by atoms with Crippen molar-refractivity contribution in [3.8, 4) is 0 Å². The molecular weight excluding hydrogens is 337 g/mol. The Morgan fingerprint density at radius 1 is 1.43 bits per heavy atom. The summed E-state index contributed by atoms with van der Waals surface area (Å²) in [7, 11) is 1.88. The highest BCUT2D eigenvalue weighted by atomic mass is 35.5. The summed E-state index contributed by atoms with van der Waals surface area (Å²) in [6, 6.07) is 0.193. The van der Waals surface area contributed by atoms with Crippen molar-refractivity contribution >= 4 is 36.4 Å². The maximum atomic E-state index is 12.2. The zero-order chi connectivity index (χ0) is 15.6. The van der Waals surface area contributed by atoms with Crippen molar-refractivity contribution in [3.05, 3.63) is 11.4 Å². The van der Waals surface area contributed by atoms with Gasteiger partial charge in [-0.05, 0) is 46.1 Å². The first-order chi connectivity index (χ1) is 9.88. The van der Waals surface area contributed by atoms with Crippen LogP contribution in [0, 0.1) is 19.8 Å². The van der Waals surface area contributed by atoms with Crippen molar-refractivity contribution in [2.45, 2.75) is 39.7 Å². The lowest BCUT2D eigenvalue weighted by atomic mass is 9.92. The molecule has 2 heterocycles. The molecule has 3 N–H and O–H groups in total. The summed E-state index contributed by atoms with van der Waals surface area (Å²) in [4.78, 5) is 14.5. The molecular formula is C15H29Cl2N5O. The molecule has 2 atom stereocenters. The molecule has 2 rings (SSSR count). The van der Waals surface area contributed by atoms with Crippen LogP contribution in [-0.4, -0.2) is 46.3 Å². The number of aromatic nitrogens is 2. The van der Waals surface area contributed by atoms with E-state index in [0.29, 0.717) is 12.5 Å². The highest BCUT2D eigenvalue weighted by Crippen LogP contribution is 2.20. The van der Waals surface area contributed by atoms with Crippen LogP contribution in [0.3, 0.4) is 0 Å². The molecule has 6 nitrogen and oxygen atoms in total. The van der Waals surface area contributed by atoms with Crippen LogP contribution in [-0.2, 0) is 11.8 Å². The molecule has 1 aromatic heterocycles. The molecule has 8 heteroatoms. The number of hydrogen-bond donors (Lipinski definition) is 2. The number of nitrogens with two attached hydrogens (primary N) is 1. The second-order valence-corrected chi connectivity index (χ2v) is 6.21. The van der Waals surface area contributed by atoms with Crippen LogP contribution in [0.4, 0.5) is 5.69 Å². The van der Waals surface area contributed by atoms with E-state index >= 15 is 0 Å². The first kappa shape index (κ1) is 22.2. The van der Waals surface area contributed by atoms with Gasteiger partial charge in [0, 0.05) is 19.6 Å². The van der Waals surface area contributed by atoms with Crippen LogP contribution in [0.25, 0.3) is 0 Å². The maximum absolute atomic E-state index is 12.2. The van der Waals surface area contributed by atoms with Gasteiger partial charge < -0.3 is 11.1 Å². The maximum Gasteiger partial charge on any atom is 0.238 e. The topological polar surface area (TPSA) is 76.2 Å². The number of nitrogens with one attached hydrogen (secondary N) is 1. The van der Waals surface area contributed by atoms with Gasteiger partial charge in [0.1, 0.15) is 0 Å². The molecule has 1 aliphatic rings. The standard InChI is InChI=1S/C15H27N5O.2ClH/c1-10(16)13-6-5-7-20(8-13)9-14(21)17-15-11(2)18-19(4)12(15)3;;/h10,13H,5-9,16H2,1-4H3,(H,17,21);2*1H. The van der Waals surface area contributed by atoms with Gasteiger partial charge in [-0.15, -0.1) is 24.8 Å². The highest BCUT2D eigenvalue weighted by molar-refractivity contribution is 5.93. The van der Waals surface area contributed by atoms with Crippen molar-refractivity contribution in [2.75, 3.05) is 25.0 Å². The number of carbonyl (C=O) groups excluding carboxylic acids is 1. The minimum Gasteiger partial charge on any atom is -0.328 e. The molecule has 0 radical (unpaired) electrons. The Bertz CT molecular complexity index is 518. The molecule has 23 heavy (non-hydrogen) atoms. The summed E-state index contributed by atoms with van der Waals surface area (Å²) in [5.41, 5.74) is 8.66. The highest BCUT2D eigenvalue weighted by Gasteiger charge is 2.24. The number of aryl methyl sites for hydroxylation is 2. The minimum absolute atomic E-state index is 0. The van der Waals surface area contributed by atoms with Gasteiger partial charge in [0.15, 0.2) is 0 Å². The van der Waals surface area contributed by atoms with Gasteiger partial charge in [-0.2, -0.15) is 5.10 Å². The summed E-state index contributed by atoms with van der Waals surface area (Å²) >= 11 is 0. The largest absolute Gasteiger partial charge is 0.328 e. The third-order valence-electron chi connectivity index (χ3n) is 4.43. The third kappa shape index (κ3) is 5.64. The number of anilines is 1. The Morgan fingerprint density at radius 2 is 2.09 bits per heavy atom. The van der Waals surface area contributed by atoms with E-state index in [1.165, 1.54) is 0 Å². The van der Waals surface area contributed by atoms with Crippen molar-refractivity contribution < 1.29 is 4.79 Å². The van der Waals surface area contributed by atoms with E-state index in [2.05, 4.69) is 22.2 Å². The van der Waals surface area contributed by atoms with E-state index in [1.807, 2.05) is 20.9 Å². The molecule has 0 aliphatic carbocycles. The average Bonchev–Trinajstić information content (AvgIpc) is 2.65. The van der Waals surface area contributed by atoms with Crippen LogP contribution >= 0.6 is 24.8 Å². The van der Waals surface area contributed by atoms with Crippen molar-refractivity contribution in [1.29, 1.82) is 0 Å². The summed E-state index contributed by atoms with van der Waals surface area (Å²) in [6.07, 6.45) is 2.28. The quantitative estimate of drug-likeness (QED) is 0.853. The molecule has 0 bridgehead atoms. The van der Waals surface area contributed by atoms with Crippen LogP contribution in [0.5, 0.6) is 0 Å². The van der Waals surface area contributed by atoms with Gasteiger partial charge in [-0.1, -0.05) is 0 Å². The van der Waals surface area contributed by atoms with Crippen molar-refractivity contribution in [3.63, 3.8) is 0 Å². The van der Waals surface area contributed by atoms with Gasteiger partial charge in [0.25, 0.3) is 0 Å². The number of halogens is 2. The second kappa shape index (κ2) is 9.47. The number of piperidine rings is 1. The third-order valence-corrected chi connectivity index (χ3v) is 4.43. The monoisotopic (exact) mass is 365 g/mol. The fourth-order valence-electron chi connectivity index (χ4n) is 3.00. The van der Waals surface area contributed by atoms with E-state index in [1.54, 1.807) is 4.68 Å². The van der Waals surface area contributed by atoms with Crippen LogP contribution in [0.2, 0.25) is 0 Å². The summed E-state index contributed by atoms with van der Waals surface area (Å²) < 4.78 is 1.79. The second-order valence-electron chi connectivity index (χ2n) is 6.21. The molecule has 0 aromatic carbocycles. The zero-order valence-corrected chi connectivity index (χ0v) is 16.0. The number of amides is 1. The van der Waals surface area contributed by atoms with Gasteiger partial charge in [0.2, 0.25) is 5.91 Å². The van der Waals surface area contributed by atoms with Crippen molar-refractivity contribution in [1.82, 2.24) is 14.7 Å². The van der Waals surface area contributed by atoms with Gasteiger partial charge in [-0.25, -0.2) is 0 Å². The number of likely N-dealkylation sites (tertiary alicyclic amines) is 1. The normalized spacial score (nSPS) is 19.4. The Hall–Kier alpha value is -0.820. The smallest absolute Gasteiger partial charge is 0.238 e. The number of rotatable bonds is 4. The predicted octanol–water partition coefficient (Wildman–Crippen LogP) is 1.88. The lowest BCUT2D eigenvalue weighted by molar-refractivity contribution is -0.117. The Morgan fingerprint density at radius 3 is 2.61 bits per heavy atom. The molecule has 2 unspecified atom stereocenters. The van der Waals surface area contributed by atoms with E-state index in [4.69, 9.17) is 5.73 Å². The SMILES string of the molecule is Cc1nn(C)c(C)c1NC(=O)CN1CCCC(C(C)N)C1.Cl.Cl. The number of carbonyl (C=O) groups is 1. The molecule has 134 valence electrons. The molecule has 0 saturated carbocycles. The summed E-state index contributed by atoms with van der Waals surface area (Å²) in [5, 5.41) is 7.31. The number of hydrogen-bond acceptors (Lipinski definition) is 4. The van der Waals surface area contributed by atoms with Crippen LogP contribution in [0.1, 0.15) is 31.2 Å². The van der Waals surface area contributed by atoms with E-state index in [9.17, 15) is 4.79 Å². The van der Waals surface area contributed by atoms with Crippen molar-refractivity contribution in [2.24, 2.45) is 18.7 Å². The molecule has 0 spiro atoms. The van der Waals surface area contributed by atoms with Gasteiger partial charge >= 0.3 is 0 Å². The first-order valence-corrected chi connectivity index (χ1v) is 7.66. The van der Waals surface area contributed by atoms with Gasteiger partial charge in [-0.3, -0.25) is 14.4 Å². The lowest BCUT2D eigenvalue weighted by Gasteiger charge is -2.34. The van der Waals surface area contributed by atoms with E-state index < -0.39 is 0 Å².